The van der Waals surface area contributed by atoms with E-state index in [0.717, 1.165) is 0 Å². The number of hydrogen-bond acceptors (Lipinski definition) is 5. The molecule has 0 atom stereocenters. The summed E-state index contributed by atoms with van der Waals surface area (Å²) in [6.07, 6.45) is 1.63. The van der Waals surface area contributed by atoms with E-state index in [4.69, 9.17) is 9.84 Å². The lowest BCUT2D eigenvalue weighted by Gasteiger charge is -2.20. The molecule has 1 heterocycles. The van der Waals surface area contributed by atoms with Gasteiger partial charge in [0, 0.05) is 12.6 Å². The number of ether oxygens (including phenoxy) is 1. The molecule has 1 N–H and O–H groups in total. The summed E-state index contributed by atoms with van der Waals surface area (Å²) < 4.78 is 5.31. The first-order valence-corrected chi connectivity index (χ1v) is 5.63. The highest BCUT2D eigenvalue weighted by molar-refractivity contribution is 5.73. The van der Waals surface area contributed by atoms with E-state index in [-0.39, 0.29) is 6.54 Å². The molecule has 0 saturated heterocycles. The third-order valence-electron chi connectivity index (χ3n) is 2.09. The summed E-state index contributed by atoms with van der Waals surface area (Å²) >= 11 is 0. The van der Waals surface area contributed by atoms with Gasteiger partial charge in [-0.3, -0.25) is 4.79 Å². The molecule has 0 amide bonds. The highest BCUT2D eigenvalue weighted by Crippen LogP contribution is 2.17. The van der Waals surface area contributed by atoms with Crippen LogP contribution in [0.4, 0.5) is 5.82 Å². The van der Waals surface area contributed by atoms with Crippen LogP contribution in [0.3, 0.4) is 0 Å². The number of aromatic nitrogens is 2. The van der Waals surface area contributed by atoms with Crippen LogP contribution in [0.5, 0.6) is 5.88 Å². The SMILES string of the molecule is C=CCN(CC(=O)O)c1cc(OCC)nc(C)n1. The van der Waals surface area contributed by atoms with Crippen molar-refractivity contribution in [3.8, 4) is 5.88 Å². The van der Waals surface area contributed by atoms with Crippen LogP contribution >= 0.6 is 0 Å². The zero-order valence-corrected chi connectivity index (χ0v) is 10.6. The van der Waals surface area contributed by atoms with Crippen molar-refractivity contribution < 1.29 is 14.6 Å². The molecule has 98 valence electrons. The number of nitrogens with zero attached hydrogens (tertiary/aromatic N) is 3. The molecule has 1 rings (SSSR count). The number of carboxylic acids is 1. The Morgan fingerprint density at radius 2 is 2.33 bits per heavy atom. The fourth-order valence-electron chi connectivity index (χ4n) is 1.47. The second kappa shape index (κ2) is 6.58. The Kier molecular flexibility index (Phi) is 5.10. The third kappa shape index (κ3) is 4.04. The first kappa shape index (κ1) is 14.0. The molecule has 0 aliphatic heterocycles. The molecule has 1 aromatic rings. The molecular formula is C12H17N3O3. The van der Waals surface area contributed by atoms with Crippen LogP contribution in [0.2, 0.25) is 0 Å². The van der Waals surface area contributed by atoms with E-state index in [2.05, 4.69) is 16.5 Å². The summed E-state index contributed by atoms with van der Waals surface area (Å²) in [5.41, 5.74) is 0. The molecule has 0 saturated carbocycles. The Hall–Kier alpha value is -2.11. The van der Waals surface area contributed by atoms with Crippen molar-refractivity contribution in [2.45, 2.75) is 13.8 Å². The van der Waals surface area contributed by atoms with E-state index < -0.39 is 5.97 Å². The number of anilines is 1. The summed E-state index contributed by atoms with van der Waals surface area (Å²) in [6, 6.07) is 1.63. The lowest BCUT2D eigenvalue weighted by Crippen LogP contribution is -2.30. The minimum Gasteiger partial charge on any atom is -0.480 e. The van der Waals surface area contributed by atoms with Crippen molar-refractivity contribution in [2.75, 3.05) is 24.6 Å². The third-order valence-corrected chi connectivity index (χ3v) is 2.09. The average Bonchev–Trinajstić information content (AvgIpc) is 2.27. The van der Waals surface area contributed by atoms with Gasteiger partial charge in [-0.2, -0.15) is 4.98 Å². The lowest BCUT2D eigenvalue weighted by molar-refractivity contribution is -0.135. The van der Waals surface area contributed by atoms with Crippen LogP contribution in [0.25, 0.3) is 0 Å². The summed E-state index contributed by atoms with van der Waals surface area (Å²) in [4.78, 5) is 20.7. The van der Waals surface area contributed by atoms with Gasteiger partial charge < -0.3 is 14.7 Å². The Morgan fingerprint density at radius 1 is 1.61 bits per heavy atom. The van der Waals surface area contributed by atoms with E-state index in [1.807, 2.05) is 6.92 Å². The number of carboxylic acid groups (broad SMARTS) is 1. The van der Waals surface area contributed by atoms with Crippen LogP contribution in [0, 0.1) is 6.92 Å². The van der Waals surface area contributed by atoms with Crippen molar-refractivity contribution >= 4 is 11.8 Å². The molecule has 6 heteroatoms. The average molecular weight is 251 g/mol. The molecule has 6 nitrogen and oxygen atoms in total. The van der Waals surface area contributed by atoms with Gasteiger partial charge >= 0.3 is 5.97 Å². The number of carbonyl (C=O) groups is 1. The van der Waals surface area contributed by atoms with Gasteiger partial charge in [-0.1, -0.05) is 6.08 Å². The molecule has 0 radical (unpaired) electrons. The van der Waals surface area contributed by atoms with E-state index in [1.54, 1.807) is 24.0 Å². The summed E-state index contributed by atoms with van der Waals surface area (Å²) in [5, 5.41) is 8.86. The first-order valence-electron chi connectivity index (χ1n) is 5.63. The normalized spacial score (nSPS) is 9.89. The van der Waals surface area contributed by atoms with E-state index in [9.17, 15) is 4.79 Å². The molecular weight excluding hydrogens is 234 g/mol. The maximum atomic E-state index is 10.8. The van der Waals surface area contributed by atoms with Gasteiger partial charge in [-0.15, -0.1) is 6.58 Å². The number of rotatable bonds is 7. The molecule has 0 unspecified atom stereocenters. The van der Waals surface area contributed by atoms with E-state index in [1.165, 1.54) is 0 Å². The summed E-state index contributed by atoms with van der Waals surface area (Å²) in [6.45, 7) is 7.95. The number of hydrogen-bond donors (Lipinski definition) is 1. The summed E-state index contributed by atoms with van der Waals surface area (Å²) in [5.74, 6) is 0.578. The molecule has 0 aliphatic rings. The van der Waals surface area contributed by atoms with Crippen LogP contribution in [0.1, 0.15) is 12.7 Å². The van der Waals surface area contributed by atoms with Crippen molar-refractivity contribution in [1.82, 2.24) is 9.97 Å². The van der Waals surface area contributed by atoms with Gasteiger partial charge in [0.15, 0.2) is 0 Å². The highest BCUT2D eigenvalue weighted by Gasteiger charge is 2.13. The molecule has 18 heavy (non-hydrogen) atoms. The Bertz CT molecular complexity index is 435. The van der Waals surface area contributed by atoms with Gasteiger partial charge in [0.25, 0.3) is 0 Å². The predicted molar refractivity (Wildman–Crippen MR) is 68.0 cm³/mol. The zero-order chi connectivity index (χ0) is 13.5. The largest absolute Gasteiger partial charge is 0.480 e. The molecule has 0 fully saturated rings. The zero-order valence-electron chi connectivity index (χ0n) is 10.6. The maximum Gasteiger partial charge on any atom is 0.323 e. The topological polar surface area (TPSA) is 75.6 Å². The second-order valence-electron chi connectivity index (χ2n) is 3.61. The van der Waals surface area contributed by atoms with E-state index in [0.29, 0.717) is 30.7 Å². The standard InChI is InChI=1S/C12H17N3O3/c1-4-6-15(8-12(16)17)10-7-11(18-5-2)14-9(3)13-10/h4,7H,1,5-6,8H2,2-3H3,(H,16,17). The fourth-order valence-corrected chi connectivity index (χ4v) is 1.47. The van der Waals surface area contributed by atoms with Crippen LogP contribution in [-0.2, 0) is 4.79 Å². The molecule has 1 aromatic heterocycles. The van der Waals surface area contributed by atoms with Crippen molar-refractivity contribution in [2.24, 2.45) is 0 Å². The first-order chi connectivity index (χ1) is 8.56. The Labute approximate surface area is 106 Å². The van der Waals surface area contributed by atoms with Crippen molar-refractivity contribution in [1.29, 1.82) is 0 Å². The number of aliphatic carboxylic acids is 1. The predicted octanol–water partition coefficient (Wildman–Crippen LogP) is 1.26. The monoisotopic (exact) mass is 251 g/mol. The van der Waals surface area contributed by atoms with Gasteiger partial charge in [0.05, 0.1) is 6.61 Å². The number of aryl methyl sites for hydroxylation is 1. The van der Waals surface area contributed by atoms with Crippen molar-refractivity contribution in [3.63, 3.8) is 0 Å². The fraction of sp³-hybridized carbons (Fsp3) is 0.417. The Balaban J connectivity index is 3.02. The highest BCUT2D eigenvalue weighted by atomic mass is 16.5. The smallest absolute Gasteiger partial charge is 0.323 e. The lowest BCUT2D eigenvalue weighted by atomic mass is 10.4. The molecule has 0 aliphatic carbocycles. The molecule has 0 spiro atoms. The quantitative estimate of drug-likeness (QED) is 0.735. The van der Waals surface area contributed by atoms with Crippen LogP contribution < -0.4 is 9.64 Å². The molecule has 0 bridgehead atoms. The maximum absolute atomic E-state index is 10.8. The van der Waals surface area contributed by atoms with Gasteiger partial charge in [0.2, 0.25) is 5.88 Å². The van der Waals surface area contributed by atoms with Gasteiger partial charge in [-0.25, -0.2) is 4.98 Å². The molecule has 0 aromatic carbocycles. The van der Waals surface area contributed by atoms with Crippen molar-refractivity contribution in [3.05, 3.63) is 24.5 Å². The van der Waals surface area contributed by atoms with Crippen LogP contribution in [0.15, 0.2) is 18.7 Å². The van der Waals surface area contributed by atoms with Crippen LogP contribution in [-0.4, -0.2) is 40.7 Å². The minimum atomic E-state index is -0.925. The second-order valence-corrected chi connectivity index (χ2v) is 3.61. The van der Waals surface area contributed by atoms with Gasteiger partial charge in [-0.05, 0) is 13.8 Å². The van der Waals surface area contributed by atoms with Gasteiger partial charge in [0.1, 0.15) is 18.2 Å². The van der Waals surface area contributed by atoms with E-state index >= 15 is 0 Å². The minimum absolute atomic E-state index is 0.145. The summed E-state index contributed by atoms with van der Waals surface area (Å²) in [7, 11) is 0. The Morgan fingerprint density at radius 3 is 2.89 bits per heavy atom.